The highest BCUT2D eigenvalue weighted by Gasteiger charge is 2.47. The molecule has 1 heterocycles. The maximum Gasteiger partial charge on any atom is 0.422 e. The molecule has 0 aliphatic rings. The van der Waals surface area contributed by atoms with E-state index in [4.69, 9.17) is 0 Å². The number of aryl methyl sites for hydroxylation is 2. The van der Waals surface area contributed by atoms with Crippen molar-refractivity contribution >= 4 is 21.5 Å². The third-order valence-corrected chi connectivity index (χ3v) is 4.99. The molecule has 1 aromatic heterocycles. The summed E-state index contributed by atoms with van der Waals surface area (Å²) in [6.07, 6.45) is -7.50. The van der Waals surface area contributed by atoms with Gasteiger partial charge < -0.3 is 0 Å². The van der Waals surface area contributed by atoms with Crippen LogP contribution >= 0.6 is 11.3 Å². The summed E-state index contributed by atoms with van der Waals surface area (Å²) in [7, 11) is -4.55. The molecule has 1 aromatic carbocycles. The largest absolute Gasteiger partial charge is 0.422 e. The Kier molecular flexibility index (Phi) is 4.59. The molecule has 2 aromatic rings. The van der Waals surface area contributed by atoms with Gasteiger partial charge in [0, 0.05) is 11.1 Å². The minimum Gasteiger partial charge on any atom is -0.246 e. The molecule has 9 heteroatoms. The summed E-state index contributed by atoms with van der Waals surface area (Å²) in [6, 6.07) is 5.36. The Labute approximate surface area is 129 Å². The fraction of sp³-hybridized carbons (Fsp3) is 0.308. The van der Waals surface area contributed by atoms with Crippen LogP contribution in [0.3, 0.4) is 0 Å². The van der Waals surface area contributed by atoms with E-state index in [9.17, 15) is 21.6 Å². The second kappa shape index (κ2) is 5.98. The Balaban J connectivity index is 2.36. The van der Waals surface area contributed by atoms with Crippen molar-refractivity contribution in [1.29, 1.82) is 0 Å². The number of hydrogen-bond acceptors (Lipinski definition) is 5. The summed E-state index contributed by atoms with van der Waals surface area (Å²) >= 11 is 0.702. The molecule has 0 N–H and O–H groups in total. The number of halogens is 3. The van der Waals surface area contributed by atoms with Crippen LogP contribution in [-0.4, -0.2) is 19.6 Å². The van der Waals surface area contributed by atoms with Gasteiger partial charge in [0.05, 0.1) is 4.90 Å². The number of thiazole rings is 1. The number of rotatable bonds is 4. The van der Waals surface area contributed by atoms with E-state index in [1.165, 1.54) is 36.6 Å². The number of alkyl halides is 3. The topological polar surface area (TPSA) is 56.3 Å². The van der Waals surface area contributed by atoms with Crippen LogP contribution in [-0.2, 0) is 14.3 Å². The van der Waals surface area contributed by atoms with Gasteiger partial charge in [-0.2, -0.15) is 21.6 Å². The van der Waals surface area contributed by atoms with Gasteiger partial charge >= 0.3 is 6.18 Å². The lowest BCUT2D eigenvalue weighted by Gasteiger charge is -2.18. The van der Waals surface area contributed by atoms with Crippen LogP contribution in [0.5, 0.6) is 0 Å². The Morgan fingerprint density at radius 2 is 1.77 bits per heavy atom. The molecular formula is C13H12F3NO3S2. The molecule has 0 fully saturated rings. The lowest BCUT2D eigenvalue weighted by Crippen LogP contribution is -2.26. The van der Waals surface area contributed by atoms with Gasteiger partial charge in [-0.3, -0.25) is 0 Å². The zero-order valence-electron chi connectivity index (χ0n) is 11.6. The van der Waals surface area contributed by atoms with Crippen molar-refractivity contribution in [2.45, 2.75) is 31.0 Å². The first kappa shape index (κ1) is 16.9. The van der Waals surface area contributed by atoms with E-state index in [2.05, 4.69) is 9.17 Å². The second-order valence-electron chi connectivity index (χ2n) is 4.61. The van der Waals surface area contributed by atoms with Gasteiger partial charge in [0.25, 0.3) is 10.1 Å². The van der Waals surface area contributed by atoms with Crippen LogP contribution in [0.15, 0.2) is 34.5 Å². The molecule has 0 saturated heterocycles. The number of nitrogens with zero attached hydrogens (tertiary/aromatic N) is 1. The Morgan fingerprint density at radius 1 is 1.18 bits per heavy atom. The normalized spacial score (nSPS) is 14.0. The molecule has 0 unspecified atom stereocenters. The van der Waals surface area contributed by atoms with Crippen LogP contribution in [0, 0.1) is 13.8 Å². The molecule has 22 heavy (non-hydrogen) atoms. The highest BCUT2D eigenvalue weighted by Crippen LogP contribution is 2.39. The summed E-state index contributed by atoms with van der Waals surface area (Å²) in [5.74, 6) is 0. The summed E-state index contributed by atoms with van der Waals surface area (Å²) in [4.78, 5) is 3.35. The molecule has 120 valence electrons. The van der Waals surface area contributed by atoms with Crippen LogP contribution in [0.1, 0.15) is 22.4 Å². The van der Waals surface area contributed by atoms with E-state index in [-0.39, 0.29) is 4.90 Å². The van der Waals surface area contributed by atoms with Crippen molar-refractivity contribution in [2.24, 2.45) is 0 Å². The van der Waals surface area contributed by atoms with Crippen LogP contribution < -0.4 is 0 Å². The molecule has 1 atom stereocenters. The first-order valence-electron chi connectivity index (χ1n) is 6.08. The standard InChI is InChI=1S/C13H12F3NO3S2/c1-8-3-5-10(6-4-8)22(18,19)20-11(13(14,15)16)12-17-9(2)7-21-12/h3-7,11H,1-2H3/t11-/m0/s1. The van der Waals surface area contributed by atoms with E-state index in [0.717, 1.165) is 5.56 Å². The van der Waals surface area contributed by atoms with Gasteiger partial charge in [-0.05, 0) is 26.0 Å². The molecule has 0 bridgehead atoms. The number of aromatic nitrogens is 1. The first-order valence-corrected chi connectivity index (χ1v) is 8.37. The molecule has 0 aliphatic heterocycles. The van der Waals surface area contributed by atoms with E-state index in [0.29, 0.717) is 17.0 Å². The molecule has 0 aliphatic carbocycles. The molecule has 4 nitrogen and oxygen atoms in total. The lowest BCUT2D eigenvalue weighted by atomic mass is 10.2. The SMILES string of the molecule is Cc1ccc(S(=O)(=O)O[C@@H](c2nc(C)cs2)C(F)(F)F)cc1. The van der Waals surface area contributed by atoms with Crippen LogP contribution in [0.4, 0.5) is 13.2 Å². The first-order chi connectivity index (χ1) is 10.1. The summed E-state index contributed by atoms with van der Waals surface area (Å²) in [6.45, 7) is 3.25. The third kappa shape index (κ3) is 3.84. The molecular weight excluding hydrogens is 339 g/mol. The van der Waals surface area contributed by atoms with Crippen LogP contribution in [0.25, 0.3) is 0 Å². The maximum absolute atomic E-state index is 13.1. The summed E-state index contributed by atoms with van der Waals surface area (Å²) < 4.78 is 67.8. The average Bonchev–Trinajstić information content (AvgIpc) is 2.81. The third-order valence-electron chi connectivity index (χ3n) is 2.69. The van der Waals surface area contributed by atoms with Crippen molar-refractivity contribution in [2.75, 3.05) is 0 Å². The Bertz CT molecular complexity index is 752. The van der Waals surface area contributed by atoms with Gasteiger partial charge in [0.1, 0.15) is 5.01 Å². The van der Waals surface area contributed by atoms with Crippen LogP contribution in [0.2, 0.25) is 0 Å². The minimum atomic E-state index is -4.89. The highest BCUT2D eigenvalue weighted by atomic mass is 32.2. The van der Waals surface area contributed by atoms with Gasteiger partial charge in [0.2, 0.25) is 6.10 Å². The van der Waals surface area contributed by atoms with Crippen molar-refractivity contribution in [3.63, 3.8) is 0 Å². The maximum atomic E-state index is 13.1. The Hall–Kier alpha value is -1.45. The predicted molar refractivity (Wildman–Crippen MR) is 75.1 cm³/mol. The smallest absolute Gasteiger partial charge is 0.246 e. The van der Waals surface area contributed by atoms with E-state index in [1.807, 2.05) is 0 Å². The zero-order chi connectivity index (χ0) is 16.5. The second-order valence-corrected chi connectivity index (χ2v) is 7.07. The van der Waals surface area contributed by atoms with Crippen molar-refractivity contribution in [1.82, 2.24) is 4.98 Å². The molecule has 0 spiro atoms. The van der Waals surface area contributed by atoms with Gasteiger partial charge in [-0.1, -0.05) is 17.7 Å². The zero-order valence-corrected chi connectivity index (χ0v) is 13.2. The van der Waals surface area contributed by atoms with E-state index in [1.54, 1.807) is 6.92 Å². The van der Waals surface area contributed by atoms with Crippen molar-refractivity contribution < 1.29 is 25.8 Å². The quantitative estimate of drug-likeness (QED) is 0.787. The van der Waals surface area contributed by atoms with Gasteiger partial charge in [0.15, 0.2) is 0 Å². The van der Waals surface area contributed by atoms with Gasteiger partial charge in [-0.25, -0.2) is 9.17 Å². The monoisotopic (exact) mass is 351 g/mol. The summed E-state index contributed by atoms with van der Waals surface area (Å²) in [5.41, 5.74) is 1.15. The Morgan fingerprint density at radius 3 is 2.23 bits per heavy atom. The number of benzene rings is 1. The van der Waals surface area contributed by atoms with E-state index < -0.39 is 27.4 Å². The molecule has 2 rings (SSSR count). The fourth-order valence-corrected chi connectivity index (χ4v) is 3.56. The van der Waals surface area contributed by atoms with E-state index >= 15 is 0 Å². The highest BCUT2D eigenvalue weighted by molar-refractivity contribution is 7.86. The molecule has 0 saturated carbocycles. The van der Waals surface area contributed by atoms with Crippen molar-refractivity contribution in [3.05, 3.63) is 45.9 Å². The number of hydrogen-bond donors (Lipinski definition) is 0. The van der Waals surface area contributed by atoms with Crippen molar-refractivity contribution in [3.8, 4) is 0 Å². The lowest BCUT2D eigenvalue weighted by molar-refractivity contribution is -0.196. The fourth-order valence-electron chi connectivity index (χ4n) is 1.62. The molecule has 0 amide bonds. The summed E-state index contributed by atoms with van der Waals surface area (Å²) in [5, 5.41) is 0.955. The van der Waals surface area contributed by atoms with Gasteiger partial charge in [-0.15, -0.1) is 11.3 Å². The molecule has 0 radical (unpaired) electrons. The average molecular weight is 351 g/mol. The predicted octanol–water partition coefficient (Wildman–Crippen LogP) is 3.77. The minimum absolute atomic E-state index is 0.333.